The molecule has 1 aromatic rings. The molecule has 3 heterocycles. The lowest BCUT2D eigenvalue weighted by atomic mass is 9.65. The fourth-order valence-electron chi connectivity index (χ4n) is 6.54. The zero-order valence-electron chi connectivity index (χ0n) is 20.3. The number of hydrogen-bond acceptors (Lipinski definition) is 5. The lowest BCUT2D eigenvalue weighted by Crippen LogP contribution is -2.60. The Hall–Kier alpha value is -2.42. The fourth-order valence-corrected chi connectivity index (χ4v) is 6.78. The molecule has 2 bridgehead atoms. The number of aliphatic hydroxyl groups excluding tert-OH is 1. The van der Waals surface area contributed by atoms with Crippen molar-refractivity contribution in [3.8, 4) is 0 Å². The maximum absolute atomic E-state index is 14.4. The molecule has 1 spiro atoms. The molecule has 0 radical (unpaired) electrons. The van der Waals surface area contributed by atoms with Crippen LogP contribution in [-0.4, -0.2) is 69.3 Å². The summed E-state index contributed by atoms with van der Waals surface area (Å²) >= 11 is 6.45. The summed E-state index contributed by atoms with van der Waals surface area (Å²) in [5.74, 6) is -4.22. The van der Waals surface area contributed by atoms with Gasteiger partial charge in [-0.1, -0.05) is 50.6 Å². The van der Waals surface area contributed by atoms with E-state index in [0.717, 1.165) is 0 Å². The number of halogens is 1. The van der Waals surface area contributed by atoms with Crippen molar-refractivity contribution in [2.75, 3.05) is 18.1 Å². The summed E-state index contributed by atoms with van der Waals surface area (Å²) in [6.45, 7) is 9.13. The van der Waals surface area contributed by atoms with E-state index in [9.17, 15) is 24.6 Å². The molecule has 6 atom stereocenters. The zero-order chi connectivity index (χ0) is 25.7. The van der Waals surface area contributed by atoms with Gasteiger partial charge in [0, 0.05) is 6.54 Å². The Morgan fingerprint density at radius 2 is 2.03 bits per heavy atom. The normalized spacial score (nSPS) is 32.1. The van der Waals surface area contributed by atoms with Crippen LogP contribution >= 0.6 is 11.6 Å². The number of nitrogens with zero attached hydrogens (tertiary/aromatic N) is 2. The van der Waals surface area contributed by atoms with Crippen molar-refractivity contribution in [2.45, 2.75) is 63.3 Å². The van der Waals surface area contributed by atoms with Gasteiger partial charge in [-0.05, 0) is 37.3 Å². The number of para-hydroxylation sites is 1. The Balaban J connectivity index is 1.90. The van der Waals surface area contributed by atoms with Crippen LogP contribution in [0, 0.1) is 17.8 Å². The predicted molar refractivity (Wildman–Crippen MR) is 131 cm³/mol. The van der Waals surface area contributed by atoms with E-state index in [1.807, 2.05) is 20.8 Å². The number of carboxylic acids is 1. The van der Waals surface area contributed by atoms with Crippen LogP contribution in [0.5, 0.6) is 0 Å². The van der Waals surface area contributed by atoms with Crippen LogP contribution in [0.1, 0.15) is 40.0 Å². The second kappa shape index (κ2) is 9.22. The number of rotatable bonds is 9. The van der Waals surface area contributed by atoms with E-state index >= 15 is 0 Å². The molecular weight excluding hydrogens is 472 g/mol. The SMILES string of the molecule is C=CCN(C(=O)C1N([C@@H](CO)C(C)C)C(=O)[C@@H]2[C@@H](C(=O)O)[C@@]3(CC)CCC12O3)c1ccccc1Cl. The van der Waals surface area contributed by atoms with E-state index in [4.69, 9.17) is 16.3 Å². The molecule has 1 aromatic carbocycles. The lowest BCUT2D eigenvalue weighted by Gasteiger charge is -2.40. The maximum Gasteiger partial charge on any atom is 0.310 e. The Bertz CT molecular complexity index is 1050. The number of aliphatic carboxylic acids is 1. The van der Waals surface area contributed by atoms with Crippen molar-refractivity contribution in [2.24, 2.45) is 17.8 Å². The van der Waals surface area contributed by atoms with E-state index in [0.29, 0.717) is 30.0 Å². The molecule has 0 aromatic heterocycles. The van der Waals surface area contributed by atoms with Crippen molar-refractivity contribution in [1.29, 1.82) is 0 Å². The van der Waals surface area contributed by atoms with E-state index in [1.165, 1.54) is 9.80 Å². The molecule has 3 fully saturated rings. The van der Waals surface area contributed by atoms with Gasteiger partial charge < -0.3 is 24.7 Å². The first-order chi connectivity index (χ1) is 16.6. The number of benzene rings is 1. The highest BCUT2D eigenvalue weighted by Gasteiger charge is 2.79. The number of fused-ring (bicyclic) bond motifs is 1. The van der Waals surface area contributed by atoms with Crippen LogP contribution in [-0.2, 0) is 19.1 Å². The molecule has 3 aliphatic rings. The first-order valence-electron chi connectivity index (χ1n) is 12.1. The van der Waals surface area contributed by atoms with Crippen LogP contribution in [0.15, 0.2) is 36.9 Å². The van der Waals surface area contributed by atoms with Gasteiger partial charge in [0.25, 0.3) is 5.91 Å². The minimum absolute atomic E-state index is 0.134. The topological polar surface area (TPSA) is 107 Å². The summed E-state index contributed by atoms with van der Waals surface area (Å²) in [5, 5.41) is 20.8. The molecule has 2 unspecified atom stereocenters. The van der Waals surface area contributed by atoms with E-state index < -0.39 is 52.9 Å². The van der Waals surface area contributed by atoms with Crippen LogP contribution in [0.25, 0.3) is 0 Å². The third kappa shape index (κ3) is 3.60. The zero-order valence-corrected chi connectivity index (χ0v) is 21.1. The number of hydrogen-bond donors (Lipinski definition) is 2. The number of amides is 2. The summed E-state index contributed by atoms with van der Waals surface area (Å²) in [6, 6.07) is 5.13. The highest BCUT2D eigenvalue weighted by atomic mass is 35.5. The number of anilines is 1. The second-order valence-electron chi connectivity index (χ2n) is 10.1. The average Bonchev–Trinajstić information content (AvgIpc) is 3.42. The molecule has 8 nitrogen and oxygen atoms in total. The second-order valence-corrected chi connectivity index (χ2v) is 10.5. The van der Waals surface area contributed by atoms with Crippen molar-refractivity contribution < 1.29 is 29.3 Å². The first-order valence-corrected chi connectivity index (χ1v) is 12.5. The van der Waals surface area contributed by atoms with E-state index in [1.54, 1.807) is 30.3 Å². The maximum atomic E-state index is 14.4. The van der Waals surface area contributed by atoms with Crippen LogP contribution < -0.4 is 4.90 Å². The van der Waals surface area contributed by atoms with Crippen molar-refractivity contribution in [3.05, 3.63) is 41.9 Å². The first kappa shape index (κ1) is 25.7. The molecule has 4 rings (SSSR count). The van der Waals surface area contributed by atoms with Gasteiger partial charge in [0.15, 0.2) is 0 Å². The summed E-state index contributed by atoms with van der Waals surface area (Å²) in [6.07, 6.45) is 2.82. The van der Waals surface area contributed by atoms with Crippen molar-refractivity contribution in [1.82, 2.24) is 4.90 Å². The lowest BCUT2D eigenvalue weighted by molar-refractivity contribution is -0.158. The van der Waals surface area contributed by atoms with E-state index in [2.05, 4.69) is 6.58 Å². The number of aliphatic hydroxyl groups is 1. The van der Waals surface area contributed by atoms with Crippen LogP contribution in [0.4, 0.5) is 5.69 Å². The number of ether oxygens (including phenoxy) is 1. The van der Waals surface area contributed by atoms with Crippen molar-refractivity contribution >= 4 is 35.1 Å². The molecule has 35 heavy (non-hydrogen) atoms. The minimum Gasteiger partial charge on any atom is -0.481 e. The fraction of sp³-hybridized carbons (Fsp3) is 0.577. The Morgan fingerprint density at radius 1 is 1.34 bits per heavy atom. The predicted octanol–water partition coefficient (Wildman–Crippen LogP) is 3.12. The quantitative estimate of drug-likeness (QED) is 0.500. The highest BCUT2D eigenvalue weighted by molar-refractivity contribution is 6.34. The van der Waals surface area contributed by atoms with Gasteiger partial charge in [0.2, 0.25) is 5.91 Å². The summed E-state index contributed by atoms with van der Waals surface area (Å²) in [7, 11) is 0. The van der Waals surface area contributed by atoms with Crippen molar-refractivity contribution in [3.63, 3.8) is 0 Å². The Morgan fingerprint density at radius 3 is 2.57 bits per heavy atom. The van der Waals surface area contributed by atoms with Gasteiger partial charge >= 0.3 is 5.97 Å². The monoisotopic (exact) mass is 504 g/mol. The summed E-state index contributed by atoms with van der Waals surface area (Å²) < 4.78 is 6.57. The van der Waals surface area contributed by atoms with Crippen LogP contribution in [0.3, 0.4) is 0 Å². The van der Waals surface area contributed by atoms with E-state index in [-0.39, 0.29) is 19.1 Å². The van der Waals surface area contributed by atoms with Gasteiger partial charge in [-0.2, -0.15) is 0 Å². The van der Waals surface area contributed by atoms with Gasteiger partial charge in [-0.3, -0.25) is 14.4 Å². The number of carbonyl (C=O) groups excluding carboxylic acids is 2. The molecule has 0 aliphatic carbocycles. The molecule has 3 aliphatic heterocycles. The molecule has 3 saturated heterocycles. The largest absolute Gasteiger partial charge is 0.481 e. The highest BCUT2D eigenvalue weighted by Crippen LogP contribution is 2.64. The molecule has 2 amide bonds. The van der Waals surface area contributed by atoms with Gasteiger partial charge in [-0.25, -0.2) is 0 Å². The number of carboxylic acid groups (broad SMARTS) is 1. The summed E-state index contributed by atoms with van der Waals surface area (Å²) in [4.78, 5) is 43.7. The molecule has 9 heteroatoms. The third-order valence-electron chi connectivity index (χ3n) is 8.15. The standard InChI is InChI=1S/C26H33ClN2O6/c1-5-13-28(17-10-8-7-9-16(17)27)23(32)21-26-12-11-25(6-2,35-26)20(24(33)34)19(26)22(31)29(21)18(14-30)15(3)4/h5,7-10,15,18-21,30H,1,6,11-14H2,2-4H3,(H,33,34)/t18-,19-,20-,21?,25+,26?/m0/s1. The molecular formula is C26H33ClN2O6. The minimum atomic E-state index is -1.30. The number of carbonyl (C=O) groups is 3. The number of likely N-dealkylation sites (tertiary alicyclic amines) is 1. The van der Waals surface area contributed by atoms with Gasteiger partial charge in [-0.15, -0.1) is 6.58 Å². The summed E-state index contributed by atoms with van der Waals surface area (Å²) in [5.41, 5.74) is -1.84. The Labute approximate surface area is 210 Å². The van der Waals surface area contributed by atoms with Crippen LogP contribution in [0.2, 0.25) is 5.02 Å². The van der Waals surface area contributed by atoms with Gasteiger partial charge in [0.05, 0.1) is 34.9 Å². The molecule has 0 saturated carbocycles. The molecule has 2 N–H and O–H groups in total. The Kier molecular flexibility index (Phi) is 6.76. The van der Waals surface area contributed by atoms with Gasteiger partial charge in [0.1, 0.15) is 17.6 Å². The smallest absolute Gasteiger partial charge is 0.310 e. The third-order valence-corrected chi connectivity index (χ3v) is 8.47. The molecule has 190 valence electrons. The average molecular weight is 505 g/mol.